The van der Waals surface area contributed by atoms with Crippen LogP contribution in [0.25, 0.3) is 0 Å². The highest BCUT2D eigenvalue weighted by molar-refractivity contribution is 5.50. The van der Waals surface area contributed by atoms with Crippen LogP contribution in [0.1, 0.15) is 82.9 Å². The Hall–Kier alpha value is -0.980. The number of benzene rings is 1. The van der Waals surface area contributed by atoms with Crippen LogP contribution in [-0.2, 0) is 11.8 Å². The average molecular weight is 286 g/mol. The highest BCUT2D eigenvalue weighted by Crippen LogP contribution is 2.58. The molecule has 1 nitrogen and oxygen atoms in total. The highest BCUT2D eigenvalue weighted by Gasteiger charge is 2.50. The van der Waals surface area contributed by atoms with Crippen LogP contribution in [0, 0.1) is 11.3 Å². The van der Waals surface area contributed by atoms with E-state index in [0.717, 1.165) is 6.42 Å². The second kappa shape index (κ2) is 4.76. The van der Waals surface area contributed by atoms with Gasteiger partial charge >= 0.3 is 0 Å². The second-order valence-corrected chi connectivity index (χ2v) is 8.58. The van der Waals surface area contributed by atoms with Crippen LogP contribution in [0.4, 0.5) is 0 Å². The molecule has 0 saturated heterocycles. The molecular formula is C20H30O. The van der Waals surface area contributed by atoms with Crippen LogP contribution in [0.2, 0.25) is 0 Å². The van der Waals surface area contributed by atoms with Gasteiger partial charge in [0.1, 0.15) is 5.75 Å². The molecule has 0 heterocycles. The van der Waals surface area contributed by atoms with Crippen LogP contribution < -0.4 is 0 Å². The normalized spacial score (nSPS) is 30.9. The number of aryl methyl sites for hydroxylation is 1. The summed E-state index contributed by atoms with van der Waals surface area (Å²) in [6.45, 7) is 11.7. The molecule has 0 amide bonds. The smallest absolute Gasteiger partial charge is 0.119 e. The lowest BCUT2D eigenvalue weighted by atomic mass is 9.50. The van der Waals surface area contributed by atoms with E-state index in [9.17, 15) is 5.11 Å². The standard InChI is InChI=1S/C20H30O/c1-13(2)15-11-14-7-8-17-19(3,4)9-6-10-20(17,5)18(14)16(21)12-15/h11-13,17,21H,6-10H2,1-5H3/t17-,20-/m0/s1. The van der Waals surface area contributed by atoms with Crippen LogP contribution in [0.5, 0.6) is 5.75 Å². The number of rotatable bonds is 1. The largest absolute Gasteiger partial charge is 0.508 e. The van der Waals surface area contributed by atoms with Gasteiger partial charge in [-0.3, -0.25) is 0 Å². The van der Waals surface area contributed by atoms with E-state index in [-0.39, 0.29) is 5.41 Å². The van der Waals surface area contributed by atoms with Crippen molar-refractivity contribution in [2.75, 3.05) is 0 Å². The number of hydrogen-bond donors (Lipinski definition) is 1. The predicted molar refractivity (Wildman–Crippen MR) is 89.0 cm³/mol. The minimum absolute atomic E-state index is 0.162. The predicted octanol–water partition coefficient (Wildman–Crippen LogP) is 5.55. The van der Waals surface area contributed by atoms with Crippen LogP contribution in [-0.4, -0.2) is 5.11 Å². The molecule has 21 heavy (non-hydrogen) atoms. The minimum atomic E-state index is 0.162. The Morgan fingerprint density at radius 1 is 1.14 bits per heavy atom. The Balaban J connectivity index is 2.14. The van der Waals surface area contributed by atoms with E-state index in [4.69, 9.17) is 0 Å². The van der Waals surface area contributed by atoms with E-state index in [1.165, 1.54) is 42.4 Å². The van der Waals surface area contributed by atoms with Gasteiger partial charge in [-0.25, -0.2) is 0 Å². The van der Waals surface area contributed by atoms with E-state index in [0.29, 0.717) is 23.0 Å². The zero-order valence-electron chi connectivity index (χ0n) is 14.3. The Kier molecular flexibility index (Phi) is 3.39. The van der Waals surface area contributed by atoms with Gasteiger partial charge in [0.15, 0.2) is 0 Å². The third-order valence-electron chi connectivity index (χ3n) is 6.39. The summed E-state index contributed by atoms with van der Waals surface area (Å²) in [6.07, 6.45) is 6.24. The van der Waals surface area contributed by atoms with Crippen molar-refractivity contribution >= 4 is 0 Å². The maximum atomic E-state index is 10.8. The highest BCUT2D eigenvalue weighted by atomic mass is 16.3. The topological polar surface area (TPSA) is 20.2 Å². The molecule has 1 aromatic carbocycles. The Morgan fingerprint density at radius 2 is 1.86 bits per heavy atom. The maximum absolute atomic E-state index is 10.8. The van der Waals surface area contributed by atoms with Gasteiger partial charge in [0.2, 0.25) is 0 Å². The lowest BCUT2D eigenvalue weighted by Crippen LogP contribution is -2.47. The van der Waals surface area contributed by atoms with E-state index in [2.05, 4.69) is 40.7 Å². The van der Waals surface area contributed by atoms with Crippen molar-refractivity contribution in [2.45, 2.75) is 78.1 Å². The first kappa shape index (κ1) is 14.9. The molecule has 0 bridgehead atoms. The zero-order chi connectivity index (χ0) is 15.4. The summed E-state index contributed by atoms with van der Waals surface area (Å²) in [5.41, 5.74) is 4.53. The van der Waals surface area contributed by atoms with Gasteiger partial charge in [-0.15, -0.1) is 0 Å². The van der Waals surface area contributed by atoms with Crippen molar-refractivity contribution < 1.29 is 5.11 Å². The summed E-state index contributed by atoms with van der Waals surface area (Å²) in [4.78, 5) is 0. The minimum Gasteiger partial charge on any atom is -0.508 e. The molecule has 0 unspecified atom stereocenters. The van der Waals surface area contributed by atoms with Crippen molar-refractivity contribution in [3.8, 4) is 5.75 Å². The van der Waals surface area contributed by atoms with Crippen molar-refractivity contribution in [1.82, 2.24) is 0 Å². The lowest BCUT2D eigenvalue weighted by molar-refractivity contribution is 0.0392. The van der Waals surface area contributed by atoms with Gasteiger partial charge in [-0.1, -0.05) is 47.1 Å². The van der Waals surface area contributed by atoms with Crippen molar-refractivity contribution in [3.63, 3.8) is 0 Å². The van der Waals surface area contributed by atoms with Gasteiger partial charge in [-0.2, -0.15) is 0 Å². The summed E-state index contributed by atoms with van der Waals surface area (Å²) in [5, 5.41) is 10.8. The zero-order valence-corrected chi connectivity index (χ0v) is 14.3. The Bertz CT molecular complexity index is 555. The summed E-state index contributed by atoms with van der Waals surface area (Å²) in [5.74, 6) is 1.73. The van der Waals surface area contributed by atoms with Gasteiger partial charge in [0.05, 0.1) is 0 Å². The maximum Gasteiger partial charge on any atom is 0.119 e. The first-order valence-corrected chi connectivity index (χ1v) is 8.62. The molecule has 0 aromatic heterocycles. The van der Waals surface area contributed by atoms with Crippen LogP contribution in [0.3, 0.4) is 0 Å². The lowest BCUT2D eigenvalue weighted by Gasteiger charge is -2.54. The van der Waals surface area contributed by atoms with E-state index < -0.39 is 0 Å². The van der Waals surface area contributed by atoms with Gasteiger partial charge in [0, 0.05) is 5.56 Å². The third kappa shape index (κ3) is 2.20. The molecule has 3 rings (SSSR count). The molecule has 1 N–H and O–H groups in total. The van der Waals surface area contributed by atoms with Gasteiger partial charge < -0.3 is 5.11 Å². The molecule has 116 valence electrons. The number of phenolic OH excluding ortho intramolecular Hbond substituents is 1. The molecule has 2 aliphatic rings. The Labute approximate surface area is 129 Å². The SMILES string of the molecule is CC(C)c1cc(O)c2c(c1)CC[C@H]1C(C)(C)CCC[C@]21C. The number of phenols is 1. The van der Waals surface area contributed by atoms with Crippen molar-refractivity contribution in [3.05, 3.63) is 28.8 Å². The molecule has 2 aliphatic carbocycles. The molecule has 0 spiro atoms. The van der Waals surface area contributed by atoms with Crippen molar-refractivity contribution in [1.29, 1.82) is 0 Å². The number of hydrogen-bond acceptors (Lipinski definition) is 1. The summed E-state index contributed by atoms with van der Waals surface area (Å²) in [7, 11) is 0. The van der Waals surface area contributed by atoms with E-state index >= 15 is 0 Å². The molecule has 0 radical (unpaired) electrons. The molecule has 1 heteroatoms. The molecule has 1 fully saturated rings. The van der Waals surface area contributed by atoms with E-state index in [1.807, 2.05) is 6.07 Å². The number of aromatic hydroxyl groups is 1. The van der Waals surface area contributed by atoms with Crippen molar-refractivity contribution in [2.24, 2.45) is 11.3 Å². The first-order chi connectivity index (χ1) is 9.75. The fourth-order valence-corrected chi connectivity index (χ4v) is 5.33. The second-order valence-electron chi connectivity index (χ2n) is 8.58. The average Bonchev–Trinajstić information content (AvgIpc) is 2.36. The van der Waals surface area contributed by atoms with Crippen LogP contribution in [0.15, 0.2) is 12.1 Å². The molecular weight excluding hydrogens is 256 g/mol. The summed E-state index contributed by atoms with van der Waals surface area (Å²) in [6, 6.07) is 4.39. The summed E-state index contributed by atoms with van der Waals surface area (Å²) < 4.78 is 0. The van der Waals surface area contributed by atoms with Gasteiger partial charge in [-0.05, 0) is 65.5 Å². The fourth-order valence-electron chi connectivity index (χ4n) is 5.33. The fraction of sp³-hybridized carbons (Fsp3) is 0.700. The third-order valence-corrected chi connectivity index (χ3v) is 6.39. The van der Waals surface area contributed by atoms with Crippen LogP contribution >= 0.6 is 0 Å². The molecule has 0 aliphatic heterocycles. The first-order valence-electron chi connectivity index (χ1n) is 8.62. The molecule has 1 aromatic rings. The molecule has 1 saturated carbocycles. The molecule has 2 atom stereocenters. The Morgan fingerprint density at radius 3 is 2.52 bits per heavy atom. The monoisotopic (exact) mass is 286 g/mol. The van der Waals surface area contributed by atoms with Gasteiger partial charge in [0.25, 0.3) is 0 Å². The number of fused-ring (bicyclic) bond motifs is 3. The summed E-state index contributed by atoms with van der Waals surface area (Å²) >= 11 is 0. The quantitative estimate of drug-likeness (QED) is 0.718. The van der Waals surface area contributed by atoms with E-state index in [1.54, 1.807) is 0 Å².